The number of nitrogens with two attached hydrogens (primary N) is 1. The number of amides is 1. The van der Waals surface area contributed by atoms with Gasteiger partial charge in [-0.25, -0.2) is 10.2 Å². The molecule has 150 valence electrons. The summed E-state index contributed by atoms with van der Waals surface area (Å²) < 4.78 is 5.09. The van der Waals surface area contributed by atoms with Crippen LogP contribution >= 0.6 is 21.6 Å². The average molecular weight is 394 g/mol. The minimum absolute atomic E-state index is 0.159. The molecule has 0 fully saturated rings. The molecule has 1 amide bonds. The lowest BCUT2D eigenvalue weighted by atomic mass is 10.1. The van der Waals surface area contributed by atoms with Gasteiger partial charge < -0.3 is 10.5 Å². The molecule has 0 spiro atoms. The van der Waals surface area contributed by atoms with Crippen LogP contribution in [-0.2, 0) is 4.74 Å². The fourth-order valence-electron chi connectivity index (χ4n) is 2.10. The van der Waals surface area contributed by atoms with Gasteiger partial charge in [0.05, 0.1) is 0 Å². The second kappa shape index (κ2) is 17.3. The standard InChI is InChI=1S/C18H39N3O2S2/c1-18(2,3)21-20-17(22)23-14-16-25-24-15-12-10-8-6-4-5-7-9-11-13-19/h21H,4-16,19H2,1-3H3,(H,20,22). The lowest BCUT2D eigenvalue weighted by Gasteiger charge is -2.20. The Kier molecular flexibility index (Phi) is 17.2. The Morgan fingerprint density at radius 1 is 0.880 bits per heavy atom. The van der Waals surface area contributed by atoms with E-state index in [9.17, 15) is 4.79 Å². The molecule has 0 radical (unpaired) electrons. The smallest absolute Gasteiger partial charge is 0.421 e. The van der Waals surface area contributed by atoms with Crippen LogP contribution in [0.4, 0.5) is 4.79 Å². The Labute approximate surface area is 162 Å². The second-order valence-electron chi connectivity index (χ2n) is 7.25. The number of hydrazine groups is 1. The van der Waals surface area contributed by atoms with Crippen LogP contribution in [0.2, 0.25) is 0 Å². The zero-order valence-electron chi connectivity index (χ0n) is 16.4. The fraction of sp³-hybridized carbons (Fsp3) is 0.944. The molecule has 0 aliphatic carbocycles. The van der Waals surface area contributed by atoms with Crippen molar-refractivity contribution in [3.05, 3.63) is 0 Å². The number of carbonyl (C=O) groups excluding carboxylic acids is 1. The van der Waals surface area contributed by atoms with E-state index in [1.165, 1.54) is 63.5 Å². The van der Waals surface area contributed by atoms with Gasteiger partial charge in [-0.05, 0) is 40.2 Å². The third-order valence-corrected chi connectivity index (χ3v) is 5.91. The van der Waals surface area contributed by atoms with Crippen LogP contribution in [0.5, 0.6) is 0 Å². The van der Waals surface area contributed by atoms with Crippen molar-refractivity contribution in [3.8, 4) is 0 Å². The van der Waals surface area contributed by atoms with Gasteiger partial charge in [-0.3, -0.25) is 5.43 Å². The van der Waals surface area contributed by atoms with E-state index in [0.29, 0.717) is 6.61 Å². The van der Waals surface area contributed by atoms with Gasteiger partial charge in [0.2, 0.25) is 0 Å². The summed E-state index contributed by atoms with van der Waals surface area (Å²) >= 11 is 0. The Morgan fingerprint density at radius 2 is 1.40 bits per heavy atom. The molecule has 5 nitrogen and oxygen atoms in total. The quantitative estimate of drug-likeness (QED) is 0.197. The van der Waals surface area contributed by atoms with E-state index in [4.69, 9.17) is 10.5 Å². The number of hydrogen-bond acceptors (Lipinski definition) is 6. The van der Waals surface area contributed by atoms with Crippen molar-refractivity contribution < 1.29 is 9.53 Å². The van der Waals surface area contributed by atoms with Crippen LogP contribution in [0.15, 0.2) is 0 Å². The van der Waals surface area contributed by atoms with Gasteiger partial charge in [-0.1, -0.05) is 66.5 Å². The van der Waals surface area contributed by atoms with Crippen molar-refractivity contribution in [1.29, 1.82) is 0 Å². The topological polar surface area (TPSA) is 76.4 Å². The first-order valence-electron chi connectivity index (χ1n) is 9.60. The van der Waals surface area contributed by atoms with E-state index >= 15 is 0 Å². The predicted molar refractivity (Wildman–Crippen MR) is 113 cm³/mol. The summed E-state index contributed by atoms with van der Waals surface area (Å²) in [4.78, 5) is 11.4. The van der Waals surface area contributed by atoms with Crippen LogP contribution in [0.25, 0.3) is 0 Å². The molecular formula is C18H39N3O2S2. The summed E-state index contributed by atoms with van der Waals surface area (Å²) in [5.41, 5.74) is 10.7. The van der Waals surface area contributed by atoms with Crippen LogP contribution < -0.4 is 16.6 Å². The van der Waals surface area contributed by atoms with E-state index in [0.717, 1.165) is 12.3 Å². The molecule has 0 aromatic heterocycles. The molecule has 0 rings (SSSR count). The van der Waals surface area contributed by atoms with Crippen molar-refractivity contribution in [2.75, 3.05) is 24.7 Å². The average Bonchev–Trinajstić information content (AvgIpc) is 2.56. The molecule has 7 heteroatoms. The summed E-state index contributed by atoms with van der Waals surface area (Å²) in [5, 5.41) is 0. The summed E-state index contributed by atoms with van der Waals surface area (Å²) in [6.07, 6.45) is 11.5. The minimum atomic E-state index is -0.413. The molecule has 0 bridgehead atoms. The predicted octanol–water partition coefficient (Wildman–Crippen LogP) is 4.87. The van der Waals surface area contributed by atoms with E-state index in [1.54, 1.807) is 10.8 Å². The summed E-state index contributed by atoms with van der Waals surface area (Å²) in [6.45, 7) is 7.21. The molecule has 0 saturated heterocycles. The highest BCUT2D eigenvalue weighted by molar-refractivity contribution is 8.76. The largest absolute Gasteiger partial charge is 0.448 e. The first-order valence-corrected chi connectivity index (χ1v) is 12.1. The Hall–Kier alpha value is -0.110. The number of rotatable bonds is 16. The molecule has 0 aliphatic heterocycles. The van der Waals surface area contributed by atoms with E-state index in [2.05, 4.69) is 10.9 Å². The van der Waals surface area contributed by atoms with Gasteiger partial charge in [-0.2, -0.15) is 0 Å². The van der Waals surface area contributed by atoms with Gasteiger partial charge in [0.25, 0.3) is 0 Å². The third-order valence-electron chi connectivity index (χ3n) is 3.45. The molecular weight excluding hydrogens is 354 g/mol. The SMILES string of the molecule is CC(C)(C)NNC(=O)OCCSSCCCCCCCCCCCN. The maximum atomic E-state index is 11.4. The highest BCUT2D eigenvalue weighted by Gasteiger charge is 2.10. The van der Waals surface area contributed by atoms with Crippen molar-refractivity contribution in [1.82, 2.24) is 10.9 Å². The number of unbranched alkanes of at least 4 members (excludes halogenated alkanes) is 8. The Morgan fingerprint density at radius 3 is 1.96 bits per heavy atom. The first-order chi connectivity index (χ1) is 12.0. The van der Waals surface area contributed by atoms with Crippen LogP contribution in [-0.4, -0.2) is 36.3 Å². The minimum Gasteiger partial charge on any atom is -0.448 e. The number of carbonyl (C=O) groups is 1. The first kappa shape index (κ1) is 24.9. The van der Waals surface area contributed by atoms with Crippen LogP contribution in [0, 0.1) is 0 Å². The van der Waals surface area contributed by atoms with E-state index < -0.39 is 6.09 Å². The summed E-state index contributed by atoms with van der Waals surface area (Å²) in [5.74, 6) is 2.01. The Bertz CT molecular complexity index is 313. The van der Waals surface area contributed by atoms with Crippen molar-refractivity contribution in [2.45, 2.75) is 84.1 Å². The zero-order valence-corrected chi connectivity index (χ0v) is 18.0. The molecule has 0 aromatic rings. The molecule has 0 aliphatic rings. The van der Waals surface area contributed by atoms with Gasteiger partial charge in [-0.15, -0.1) is 0 Å². The second-order valence-corrected chi connectivity index (χ2v) is 9.95. The van der Waals surface area contributed by atoms with Crippen molar-refractivity contribution in [2.24, 2.45) is 5.73 Å². The molecule has 0 unspecified atom stereocenters. The van der Waals surface area contributed by atoms with E-state index in [1.807, 2.05) is 31.6 Å². The summed E-state index contributed by atoms with van der Waals surface area (Å²) in [6, 6.07) is 0. The maximum Gasteiger partial charge on any atom is 0.421 e. The van der Waals surface area contributed by atoms with Crippen molar-refractivity contribution in [3.63, 3.8) is 0 Å². The summed E-state index contributed by atoms with van der Waals surface area (Å²) in [7, 11) is 3.66. The van der Waals surface area contributed by atoms with Gasteiger partial charge in [0, 0.05) is 17.0 Å². The van der Waals surface area contributed by atoms with Crippen LogP contribution in [0.3, 0.4) is 0 Å². The molecule has 0 heterocycles. The molecule has 25 heavy (non-hydrogen) atoms. The van der Waals surface area contributed by atoms with Crippen LogP contribution in [0.1, 0.15) is 78.6 Å². The zero-order chi connectivity index (χ0) is 18.8. The monoisotopic (exact) mass is 393 g/mol. The molecule has 0 atom stereocenters. The lowest BCUT2D eigenvalue weighted by Crippen LogP contribution is -2.49. The van der Waals surface area contributed by atoms with Gasteiger partial charge in [0.15, 0.2) is 0 Å². The molecule has 4 N–H and O–H groups in total. The fourth-order valence-corrected chi connectivity index (χ4v) is 4.08. The van der Waals surface area contributed by atoms with Gasteiger partial charge >= 0.3 is 6.09 Å². The van der Waals surface area contributed by atoms with Crippen molar-refractivity contribution >= 4 is 27.7 Å². The highest BCUT2D eigenvalue weighted by Crippen LogP contribution is 2.22. The normalized spacial score (nSPS) is 11.5. The number of hydrogen-bond donors (Lipinski definition) is 3. The van der Waals surface area contributed by atoms with Gasteiger partial charge in [0.1, 0.15) is 6.61 Å². The number of nitrogens with one attached hydrogen (secondary N) is 2. The molecule has 0 saturated carbocycles. The maximum absolute atomic E-state index is 11.4. The lowest BCUT2D eigenvalue weighted by molar-refractivity contribution is 0.143. The molecule has 0 aromatic carbocycles. The Balaban J connectivity index is 3.15. The highest BCUT2D eigenvalue weighted by atomic mass is 33.1. The number of ether oxygens (including phenoxy) is 1. The van der Waals surface area contributed by atoms with E-state index in [-0.39, 0.29) is 5.54 Å². The third kappa shape index (κ3) is 21.8.